The number of para-hydroxylation sites is 3. The predicted molar refractivity (Wildman–Crippen MR) is 186 cm³/mol. The molecule has 3 aromatic heterocycles. The molecule has 0 N–H and O–H groups in total. The lowest BCUT2D eigenvalue weighted by Crippen LogP contribution is -1.94. The van der Waals surface area contributed by atoms with E-state index in [1.54, 1.807) is 0 Å². The van der Waals surface area contributed by atoms with Crippen LogP contribution in [0.1, 0.15) is 0 Å². The van der Waals surface area contributed by atoms with Gasteiger partial charge in [-0.05, 0) is 64.7 Å². The molecule has 210 valence electrons. The van der Waals surface area contributed by atoms with Crippen LogP contribution in [0.15, 0.2) is 160 Å². The van der Waals surface area contributed by atoms with E-state index in [9.17, 15) is 0 Å². The van der Waals surface area contributed by atoms with Crippen LogP contribution in [0.5, 0.6) is 0 Å². The Labute approximate surface area is 258 Å². The molecule has 0 radical (unpaired) electrons. The second-order valence-electron chi connectivity index (χ2n) is 11.7. The number of nitrogens with zero attached hydrogens (tertiary/aromatic N) is 1. The van der Waals surface area contributed by atoms with Crippen LogP contribution in [-0.4, -0.2) is 4.57 Å². The first-order valence-electron chi connectivity index (χ1n) is 15.3. The van der Waals surface area contributed by atoms with Crippen molar-refractivity contribution in [3.63, 3.8) is 0 Å². The predicted octanol–water partition coefficient (Wildman–Crippen LogP) is 11.9. The van der Waals surface area contributed by atoms with Gasteiger partial charge in [-0.1, -0.05) is 109 Å². The number of fused-ring (bicyclic) bond motifs is 9. The van der Waals surface area contributed by atoms with Crippen LogP contribution >= 0.6 is 0 Å². The number of hydrogen-bond donors (Lipinski definition) is 0. The van der Waals surface area contributed by atoms with Gasteiger partial charge in [-0.2, -0.15) is 0 Å². The molecule has 0 bridgehead atoms. The minimum atomic E-state index is 0.871. The average molecular weight is 576 g/mol. The maximum Gasteiger partial charge on any atom is 0.159 e. The highest BCUT2D eigenvalue weighted by atomic mass is 16.3. The van der Waals surface area contributed by atoms with Crippen LogP contribution in [0.3, 0.4) is 0 Å². The van der Waals surface area contributed by atoms with E-state index >= 15 is 0 Å². The van der Waals surface area contributed by atoms with Gasteiger partial charge in [0.1, 0.15) is 16.7 Å². The van der Waals surface area contributed by atoms with Crippen molar-refractivity contribution < 1.29 is 8.83 Å². The first-order chi connectivity index (χ1) is 22.3. The minimum absolute atomic E-state index is 0.871. The molecule has 3 heteroatoms. The lowest BCUT2D eigenvalue weighted by atomic mass is 9.98. The number of furan rings is 2. The smallest absolute Gasteiger partial charge is 0.159 e. The van der Waals surface area contributed by atoms with Gasteiger partial charge in [0.25, 0.3) is 0 Å². The van der Waals surface area contributed by atoms with Gasteiger partial charge in [-0.15, -0.1) is 0 Å². The van der Waals surface area contributed by atoms with Crippen molar-refractivity contribution in [1.29, 1.82) is 0 Å². The quantitative estimate of drug-likeness (QED) is 0.210. The van der Waals surface area contributed by atoms with E-state index in [-0.39, 0.29) is 0 Å². The third-order valence-corrected chi connectivity index (χ3v) is 9.21. The Morgan fingerprint density at radius 1 is 0.378 bits per heavy atom. The highest BCUT2D eigenvalue weighted by molar-refractivity contribution is 6.16. The van der Waals surface area contributed by atoms with Crippen molar-refractivity contribution in [1.82, 2.24) is 4.57 Å². The molecular weight excluding hydrogens is 550 g/mol. The lowest BCUT2D eigenvalue weighted by molar-refractivity contribution is 0.666. The Balaban J connectivity index is 1.22. The molecule has 10 rings (SSSR count). The average Bonchev–Trinajstić information content (AvgIpc) is 3.77. The first-order valence-corrected chi connectivity index (χ1v) is 15.3. The summed E-state index contributed by atoms with van der Waals surface area (Å²) in [5.74, 6) is 0. The van der Waals surface area contributed by atoms with E-state index in [1.807, 2.05) is 18.2 Å². The van der Waals surface area contributed by atoms with Gasteiger partial charge in [0.05, 0.1) is 16.7 Å². The van der Waals surface area contributed by atoms with Crippen LogP contribution in [-0.2, 0) is 0 Å². The van der Waals surface area contributed by atoms with Crippen molar-refractivity contribution in [2.45, 2.75) is 0 Å². The number of rotatable bonds is 3. The van der Waals surface area contributed by atoms with E-state index in [1.165, 1.54) is 21.9 Å². The largest absolute Gasteiger partial charge is 0.456 e. The standard InChI is InChI=1S/C42H25NO2/c1-2-10-26(11-3-1)27-20-22-31-30-12-4-6-16-35(30)43(37(31)25-27)36-17-8-15-32-34-24-28(21-23-39(34)45-42(32)36)29-14-9-19-40-41(29)33-13-5-7-18-38(33)44-40/h1-25H. The third kappa shape index (κ3) is 3.52. The summed E-state index contributed by atoms with van der Waals surface area (Å²) in [6.07, 6.45) is 0. The molecular formula is C42H25NO2. The Bertz CT molecular complexity index is 2760. The SMILES string of the molecule is c1ccc(-c2ccc3c4ccccc4n(-c4cccc5c4oc4ccc(-c6cccc7oc8ccccc8c67)cc45)c3c2)cc1. The van der Waals surface area contributed by atoms with E-state index in [0.717, 1.165) is 71.7 Å². The van der Waals surface area contributed by atoms with Crippen molar-refractivity contribution in [3.8, 4) is 27.9 Å². The van der Waals surface area contributed by atoms with Crippen LogP contribution in [0.25, 0.3) is 93.6 Å². The van der Waals surface area contributed by atoms with E-state index in [4.69, 9.17) is 8.83 Å². The third-order valence-electron chi connectivity index (χ3n) is 9.21. The topological polar surface area (TPSA) is 31.2 Å². The zero-order valence-corrected chi connectivity index (χ0v) is 24.2. The number of benzene rings is 7. The van der Waals surface area contributed by atoms with Crippen LogP contribution in [0.4, 0.5) is 0 Å². The molecule has 0 aliphatic rings. The monoisotopic (exact) mass is 575 g/mol. The van der Waals surface area contributed by atoms with Crippen LogP contribution < -0.4 is 0 Å². The molecule has 0 aliphatic heterocycles. The Morgan fingerprint density at radius 3 is 2.02 bits per heavy atom. The van der Waals surface area contributed by atoms with E-state index in [0.29, 0.717) is 0 Å². The molecule has 0 atom stereocenters. The zero-order valence-electron chi connectivity index (χ0n) is 24.2. The molecule has 0 saturated carbocycles. The highest BCUT2D eigenvalue weighted by Gasteiger charge is 2.19. The fourth-order valence-electron chi connectivity index (χ4n) is 7.18. The maximum atomic E-state index is 6.71. The molecule has 0 fully saturated rings. The van der Waals surface area contributed by atoms with Crippen molar-refractivity contribution in [2.75, 3.05) is 0 Å². The van der Waals surface area contributed by atoms with E-state index < -0.39 is 0 Å². The molecule has 3 heterocycles. The summed E-state index contributed by atoms with van der Waals surface area (Å²) in [5, 5.41) is 6.91. The minimum Gasteiger partial charge on any atom is -0.456 e. The second-order valence-corrected chi connectivity index (χ2v) is 11.7. The summed E-state index contributed by atoms with van der Waals surface area (Å²) < 4.78 is 15.3. The summed E-state index contributed by atoms with van der Waals surface area (Å²) in [7, 11) is 0. The molecule has 10 aromatic rings. The van der Waals surface area contributed by atoms with Crippen molar-refractivity contribution in [3.05, 3.63) is 152 Å². The molecule has 45 heavy (non-hydrogen) atoms. The van der Waals surface area contributed by atoms with Gasteiger partial charge in [-0.3, -0.25) is 0 Å². The Kier molecular flexibility index (Phi) is 5.00. The fraction of sp³-hybridized carbons (Fsp3) is 0. The second kappa shape index (κ2) is 9.22. The van der Waals surface area contributed by atoms with Crippen molar-refractivity contribution >= 4 is 65.7 Å². The summed E-state index contributed by atoms with van der Waals surface area (Å²) in [6, 6.07) is 53.6. The summed E-state index contributed by atoms with van der Waals surface area (Å²) in [4.78, 5) is 0. The fourth-order valence-corrected chi connectivity index (χ4v) is 7.18. The van der Waals surface area contributed by atoms with E-state index in [2.05, 4.69) is 138 Å². The summed E-state index contributed by atoms with van der Waals surface area (Å²) >= 11 is 0. The molecule has 0 aliphatic carbocycles. The molecule has 0 saturated heterocycles. The van der Waals surface area contributed by atoms with Gasteiger partial charge in [0, 0.05) is 32.3 Å². The van der Waals surface area contributed by atoms with Gasteiger partial charge in [-0.25, -0.2) is 0 Å². The first kappa shape index (κ1) is 24.4. The molecule has 7 aromatic carbocycles. The van der Waals surface area contributed by atoms with Gasteiger partial charge >= 0.3 is 0 Å². The molecule has 0 spiro atoms. The Morgan fingerprint density at radius 2 is 1.09 bits per heavy atom. The summed E-state index contributed by atoms with van der Waals surface area (Å²) in [6.45, 7) is 0. The molecule has 0 unspecified atom stereocenters. The van der Waals surface area contributed by atoms with Crippen LogP contribution in [0, 0.1) is 0 Å². The highest BCUT2D eigenvalue weighted by Crippen LogP contribution is 2.42. The molecule has 0 amide bonds. The number of aromatic nitrogens is 1. The number of hydrogen-bond acceptors (Lipinski definition) is 2. The molecule has 3 nitrogen and oxygen atoms in total. The zero-order chi connectivity index (χ0) is 29.5. The Hall–Kier alpha value is -6.06. The lowest BCUT2D eigenvalue weighted by Gasteiger charge is -2.09. The van der Waals surface area contributed by atoms with Gasteiger partial charge < -0.3 is 13.4 Å². The van der Waals surface area contributed by atoms with Crippen LogP contribution in [0.2, 0.25) is 0 Å². The van der Waals surface area contributed by atoms with Crippen molar-refractivity contribution in [2.24, 2.45) is 0 Å². The normalized spacial score (nSPS) is 12.0. The summed E-state index contributed by atoms with van der Waals surface area (Å²) in [5.41, 5.74) is 11.6. The van der Waals surface area contributed by atoms with Gasteiger partial charge in [0.15, 0.2) is 5.58 Å². The van der Waals surface area contributed by atoms with Gasteiger partial charge in [0.2, 0.25) is 0 Å². The maximum absolute atomic E-state index is 6.71.